The van der Waals surface area contributed by atoms with Crippen molar-refractivity contribution in [2.75, 3.05) is 6.61 Å². The second kappa shape index (κ2) is 6.25. The molecule has 4 nitrogen and oxygen atoms in total. The standard InChI is InChI=1S/C11H14F4N2O2/c1-6-8(7(2)18)3-16-9(17-6)4-19-5-11(14,15)10(12)13/h3,7,10,18H,4-5H2,1-2H3. The lowest BCUT2D eigenvalue weighted by Gasteiger charge is -2.15. The van der Waals surface area contributed by atoms with Crippen molar-refractivity contribution in [3.05, 3.63) is 23.3 Å². The van der Waals surface area contributed by atoms with E-state index < -0.39 is 31.7 Å². The minimum Gasteiger partial charge on any atom is -0.389 e. The number of alkyl halides is 4. The number of aliphatic hydroxyl groups is 1. The number of halogens is 4. The summed E-state index contributed by atoms with van der Waals surface area (Å²) in [5.74, 6) is -4.10. The van der Waals surface area contributed by atoms with Crippen LogP contribution in [-0.2, 0) is 11.3 Å². The zero-order valence-corrected chi connectivity index (χ0v) is 10.4. The molecule has 0 aromatic carbocycles. The van der Waals surface area contributed by atoms with Crippen LogP contribution in [0.5, 0.6) is 0 Å². The summed E-state index contributed by atoms with van der Waals surface area (Å²) in [6.07, 6.45) is -3.18. The van der Waals surface area contributed by atoms with Crippen molar-refractivity contribution in [3.8, 4) is 0 Å². The highest BCUT2D eigenvalue weighted by Crippen LogP contribution is 2.23. The second-order valence-electron chi connectivity index (χ2n) is 4.06. The highest BCUT2D eigenvalue weighted by atomic mass is 19.3. The van der Waals surface area contributed by atoms with Crippen molar-refractivity contribution in [2.45, 2.75) is 38.9 Å². The lowest BCUT2D eigenvalue weighted by molar-refractivity contribution is -0.168. The van der Waals surface area contributed by atoms with E-state index in [9.17, 15) is 22.7 Å². The summed E-state index contributed by atoms with van der Waals surface area (Å²) in [5.41, 5.74) is 0.978. The van der Waals surface area contributed by atoms with Gasteiger partial charge in [-0.1, -0.05) is 0 Å². The normalized spacial score (nSPS) is 13.9. The van der Waals surface area contributed by atoms with Gasteiger partial charge in [-0.2, -0.15) is 8.78 Å². The number of nitrogens with zero attached hydrogens (tertiary/aromatic N) is 2. The first-order valence-electron chi connectivity index (χ1n) is 5.48. The van der Waals surface area contributed by atoms with E-state index in [1.54, 1.807) is 6.92 Å². The quantitative estimate of drug-likeness (QED) is 0.813. The Kier molecular flexibility index (Phi) is 5.19. The second-order valence-corrected chi connectivity index (χ2v) is 4.06. The van der Waals surface area contributed by atoms with Gasteiger partial charge in [0.05, 0.1) is 6.10 Å². The molecule has 108 valence electrons. The van der Waals surface area contributed by atoms with Gasteiger partial charge in [-0.25, -0.2) is 18.7 Å². The third kappa shape index (κ3) is 4.39. The molecular formula is C11H14F4N2O2. The molecule has 8 heteroatoms. The van der Waals surface area contributed by atoms with E-state index in [1.165, 1.54) is 13.1 Å². The van der Waals surface area contributed by atoms with Gasteiger partial charge < -0.3 is 9.84 Å². The molecule has 0 spiro atoms. The van der Waals surface area contributed by atoms with E-state index in [0.29, 0.717) is 11.3 Å². The largest absolute Gasteiger partial charge is 0.389 e. The summed E-state index contributed by atoms with van der Waals surface area (Å²) in [6.45, 7) is 1.35. The molecule has 0 bridgehead atoms. The summed E-state index contributed by atoms with van der Waals surface area (Å²) < 4.78 is 53.3. The molecule has 0 saturated heterocycles. The fourth-order valence-corrected chi connectivity index (χ4v) is 1.35. The summed E-state index contributed by atoms with van der Waals surface area (Å²) in [4.78, 5) is 7.73. The summed E-state index contributed by atoms with van der Waals surface area (Å²) in [7, 11) is 0. The number of hydrogen-bond donors (Lipinski definition) is 1. The molecule has 19 heavy (non-hydrogen) atoms. The number of hydrogen-bond acceptors (Lipinski definition) is 4. The van der Waals surface area contributed by atoms with E-state index in [4.69, 9.17) is 0 Å². The molecule has 1 aromatic rings. The summed E-state index contributed by atoms with van der Waals surface area (Å²) in [6, 6.07) is 0. The first-order chi connectivity index (χ1) is 8.74. The van der Waals surface area contributed by atoms with Crippen LogP contribution in [0.1, 0.15) is 30.1 Å². The maximum Gasteiger partial charge on any atom is 0.330 e. The minimum atomic E-state index is -4.19. The molecule has 1 unspecified atom stereocenters. The van der Waals surface area contributed by atoms with E-state index >= 15 is 0 Å². The third-order valence-corrected chi connectivity index (χ3v) is 2.36. The van der Waals surface area contributed by atoms with Crippen molar-refractivity contribution in [3.63, 3.8) is 0 Å². The maximum absolute atomic E-state index is 12.5. The Labute approximate surface area is 107 Å². The average Bonchev–Trinajstić information content (AvgIpc) is 2.28. The molecule has 0 aliphatic heterocycles. The SMILES string of the molecule is Cc1nc(COCC(F)(F)C(F)F)ncc1C(C)O. The van der Waals surface area contributed by atoms with Gasteiger partial charge >= 0.3 is 12.3 Å². The molecule has 0 fully saturated rings. The lowest BCUT2D eigenvalue weighted by atomic mass is 10.1. The molecule has 0 aliphatic rings. The van der Waals surface area contributed by atoms with Gasteiger partial charge in [0, 0.05) is 17.5 Å². The fourth-order valence-electron chi connectivity index (χ4n) is 1.35. The smallest absolute Gasteiger partial charge is 0.330 e. The van der Waals surface area contributed by atoms with Gasteiger partial charge in [-0.15, -0.1) is 0 Å². The van der Waals surface area contributed by atoms with Crippen LogP contribution in [-0.4, -0.2) is 34.0 Å². The predicted octanol–water partition coefficient (Wildman–Crippen LogP) is 2.26. The molecule has 1 atom stereocenters. The number of ether oxygens (including phenoxy) is 1. The van der Waals surface area contributed by atoms with Crippen LogP contribution in [0, 0.1) is 6.92 Å². The van der Waals surface area contributed by atoms with Crippen molar-refractivity contribution in [1.29, 1.82) is 0 Å². The van der Waals surface area contributed by atoms with Crippen LogP contribution in [0.15, 0.2) is 6.20 Å². The van der Waals surface area contributed by atoms with Crippen molar-refractivity contribution >= 4 is 0 Å². The van der Waals surface area contributed by atoms with Crippen LogP contribution in [0.25, 0.3) is 0 Å². The number of aliphatic hydroxyl groups excluding tert-OH is 1. The predicted molar refractivity (Wildman–Crippen MR) is 58.0 cm³/mol. The van der Waals surface area contributed by atoms with Crippen LogP contribution >= 0.6 is 0 Å². The van der Waals surface area contributed by atoms with Gasteiger partial charge in [0.15, 0.2) is 5.82 Å². The number of aryl methyl sites for hydroxylation is 1. The van der Waals surface area contributed by atoms with E-state index in [2.05, 4.69) is 14.7 Å². The van der Waals surface area contributed by atoms with Crippen molar-refractivity contribution in [2.24, 2.45) is 0 Å². The molecule has 0 radical (unpaired) electrons. The Balaban J connectivity index is 2.58. The highest BCUT2D eigenvalue weighted by Gasteiger charge is 2.40. The van der Waals surface area contributed by atoms with E-state index in [-0.39, 0.29) is 5.82 Å². The van der Waals surface area contributed by atoms with Crippen LogP contribution in [0.3, 0.4) is 0 Å². The Morgan fingerprint density at radius 2 is 2.05 bits per heavy atom. The maximum atomic E-state index is 12.5. The minimum absolute atomic E-state index is 0.0898. The van der Waals surface area contributed by atoms with Crippen molar-refractivity contribution < 1.29 is 27.4 Å². The molecular weight excluding hydrogens is 268 g/mol. The van der Waals surface area contributed by atoms with Crippen LogP contribution < -0.4 is 0 Å². The Bertz CT molecular complexity index is 427. The Morgan fingerprint density at radius 1 is 1.42 bits per heavy atom. The lowest BCUT2D eigenvalue weighted by Crippen LogP contribution is -2.32. The van der Waals surface area contributed by atoms with Crippen molar-refractivity contribution in [1.82, 2.24) is 9.97 Å². The molecule has 1 aromatic heterocycles. The molecule has 0 saturated carbocycles. The summed E-state index contributed by atoms with van der Waals surface area (Å²) >= 11 is 0. The van der Waals surface area contributed by atoms with Gasteiger partial charge in [0.25, 0.3) is 0 Å². The van der Waals surface area contributed by atoms with Gasteiger partial charge in [0.1, 0.15) is 13.2 Å². The Morgan fingerprint density at radius 3 is 2.53 bits per heavy atom. The topological polar surface area (TPSA) is 55.2 Å². The molecule has 0 amide bonds. The first kappa shape index (κ1) is 15.8. The molecule has 0 aliphatic carbocycles. The summed E-state index contributed by atoms with van der Waals surface area (Å²) in [5, 5.41) is 9.35. The van der Waals surface area contributed by atoms with E-state index in [1.807, 2.05) is 0 Å². The number of aromatic nitrogens is 2. The zero-order chi connectivity index (χ0) is 14.6. The van der Waals surface area contributed by atoms with Crippen LogP contribution in [0.2, 0.25) is 0 Å². The van der Waals surface area contributed by atoms with Gasteiger partial charge in [0.2, 0.25) is 0 Å². The Hall–Kier alpha value is -1.28. The fraction of sp³-hybridized carbons (Fsp3) is 0.636. The van der Waals surface area contributed by atoms with Gasteiger partial charge in [-0.05, 0) is 13.8 Å². The van der Waals surface area contributed by atoms with Crippen LogP contribution in [0.4, 0.5) is 17.6 Å². The monoisotopic (exact) mass is 282 g/mol. The molecule has 1 rings (SSSR count). The third-order valence-electron chi connectivity index (χ3n) is 2.36. The zero-order valence-electron chi connectivity index (χ0n) is 10.4. The molecule has 1 heterocycles. The first-order valence-corrected chi connectivity index (χ1v) is 5.48. The number of rotatable bonds is 6. The average molecular weight is 282 g/mol. The van der Waals surface area contributed by atoms with E-state index in [0.717, 1.165) is 0 Å². The molecule has 1 N–H and O–H groups in total. The van der Waals surface area contributed by atoms with Gasteiger partial charge in [-0.3, -0.25) is 0 Å². The highest BCUT2D eigenvalue weighted by molar-refractivity contribution is 5.18.